The first kappa shape index (κ1) is 37.0. The Labute approximate surface area is 317 Å². The molecule has 0 fully saturated rings. The van der Waals surface area contributed by atoms with Crippen molar-refractivity contribution in [1.82, 2.24) is 10.3 Å². The number of nitrogens with one attached hydrogen (secondary N) is 3. The Balaban J connectivity index is 1.23. The van der Waals surface area contributed by atoms with Crippen LogP contribution in [0, 0.1) is 10.1 Å². The number of methoxy groups -OCH3 is 1. The smallest absolute Gasteiger partial charge is 0.272 e. The number of phenols is 1. The molecule has 0 saturated heterocycles. The Kier molecular flexibility index (Phi) is 11.8. The molecule has 5 aromatic carbocycles. The predicted molar refractivity (Wildman–Crippen MR) is 209 cm³/mol. The van der Waals surface area contributed by atoms with E-state index in [9.17, 15) is 29.6 Å². The van der Waals surface area contributed by atoms with E-state index < -0.39 is 22.0 Å². The maximum Gasteiger partial charge on any atom is 0.272 e. The van der Waals surface area contributed by atoms with E-state index in [-0.39, 0.29) is 28.8 Å². The summed E-state index contributed by atoms with van der Waals surface area (Å²) < 4.78 is 5.38. The summed E-state index contributed by atoms with van der Waals surface area (Å²) in [5, 5.41) is 30.9. The van der Waals surface area contributed by atoms with Crippen molar-refractivity contribution in [3.05, 3.63) is 165 Å². The molecule has 14 heteroatoms. The number of aromatic nitrogens is 1. The van der Waals surface area contributed by atoms with Crippen LogP contribution in [0.5, 0.6) is 11.5 Å². The number of nitrogens with zero attached hydrogens (tertiary/aromatic N) is 2. The third-order valence-electron chi connectivity index (χ3n) is 7.82. The molecule has 0 aliphatic rings. The third kappa shape index (κ3) is 9.36. The first-order valence-electron chi connectivity index (χ1n) is 16.3. The molecule has 0 spiro atoms. The van der Waals surface area contributed by atoms with E-state index in [0.717, 1.165) is 5.56 Å². The first-order valence-corrected chi connectivity index (χ1v) is 18.0. The molecule has 0 aliphatic heterocycles. The van der Waals surface area contributed by atoms with Gasteiger partial charge in [0.15, 0.2) is 5.13 Å². The summed E-state index contributed by atoms with van der Waals surface area (Å²) in [5.41, 5.74) is 2.80. The van der Waals surface area contributed by atoms with Crippen molar-refractivity contribution in [3.8, 4) is 22.8 Å². The molecule has 0 saturated carbocycles. The van der Waals surface area contributed by atoms with E-state index in [4.69, 9.17) is 4.74 Å². The second-order valence-electron chi connectivity index (χ2n) is 11.5. The number of thiazole rings is 1. The molecule has 12 nitrogen and oxygen atoms in total. The van der Waals surface area contributed by atoms with Crippen molar-refractivity contribution < 1.29 is 29.2 Å². The summed E-state index contributed by atoms with van der Waals surface area (Å²) in [7, 11) is 1.43. The molecule has 4 N–H and O–H groups in total. The minimum atomic E-state index is -0.732. The van der Waals surface area contributed by atoms with Crippen molar-refractivity contribution in [2.75, 3.05) is 17.7 Å². The number of phenolic OH excluding ortho intramolecular Hbond substituents is 1. The number of rotatable bonds is 13. The van der Waals surface area contributed by atoms with Gasteiger partial charge < -0.3 is 25.8 Å². The molecule has 0 radical (unpaired) electrons. The Morgan fingerprint density at radius 2 is 1.63 bits per heavy atom. The van der Waals surface area contributed by atoms with Gasteiger partial charge in [-0.1, -0.05) is 66.7 Å². The Morgan fingerprint density at radius 1 is 0.889 bits per heavy atom. The molecule has 1 heterocycles. The Bertz CT molecular complexity index is 2350. The van der Waals surface area contributed by atoms with E-state index in [1.165, 1.54) is 60.5 Å². The van der Waals surface area contributed by atoms with Crippen LogP contribution in [-0.4, -0.2) is 39.8 Å². The molecule has 1 aromatic heterocycles. The molecular weight excluding hydrogens is 727 g/mol. The highest BCUT2D eigenvalue weighted by atomic mass is 32.2. The van der Waals surface area contributed by atoms with Crippen LogP contribution in [0.25, 0.3) is 17.3 Å². The monoisotopic (exact) mass is 757 g/mol. The van der Waals surface area contributed by atoms with Gasteiger partial charge in [0, 0.05) is 50.9 Å². The van der Waals surface area contributed by atoms with Crippen molar-refractivity contribution in [2.45, 2.75) is 10.1 Å². The lowest BCUT2D eigenvalue weighted by molar-refractivity contribution is -0.384. The van der Waals surface area contributed by atoms with Gasteiger partial charge in [-0.2, -0.15) is 0 Å². The number of amides is 3. The molecule has 6 rings (SSSR count). The lowest BCUT2D eigenvalue weighted by Crippen LogP contribution is -2.30. The summed E-state index contributed by atoms with van der Waals surface area (Å²) in [5.74, 6) is -1.23. The molecular formula is C40H31N5O7S2. The molecule has 0 aliphatic carbocycles. The van der Waals surface area contributed by atoms with Gasteiger partial charge in [-0.3, -0.25) is 24.5 Å². The number of hydrogen-bond acceptors (Lipinski definition) is 10. The normalized spacial score (nSPS) is 11.6. The van der Waals surface area contributed by atoms with Crippen LogP contribution < -0.4 is 20.7 Å². The van der Waals surface area contributed by atoms with Crippen molar-refractivity contribution in [2.24, 2.45) is 0 Å². The number of nitro groups is 1. The SMILES string of the molecule is COc1cc(O)ccc1/C=C(/NC(=O)c1ccccc1)C(=O)Nc1cccc(SC(C(=O)Nc2nc(-c3cccc([N+](=O)[O-])c3)cs2)c2ccccc2)c1. The fourth-order valence-electron chi connectivity index (χ4n) is 5.21. The van der Waals surface area contributed by atoms with Crippen LogP contribution in [0.1, 0.15) is 26.7 Å². The minimum absolute atomic E-state index is 0.0305. The van der Waals surface area contributed by atoms with Gasteiger partial charge in [-0.25, -0.2) is 4.98 Å². The number of nitro benzene ring substituents is 1. The second kappa shape index (κ2) is 17.2. The molecule has 6 aromatic rings. The minimum Gasteiger partial charge on any atom is -0.508 e. The second-order valence-corrected chi connectivity index (χ2v) is 13.6. The summed E-state index contributed by atoms with van der Waals surface area (Å²) in [4.78, 5) is 56.7. The lowest BCUT2D eigenvalue weighted by atomic mass is 10.1. The van der Waals surface area contributed by atoms with Crippen molar-refractivity contribution in [3.63, 3.8) is 0 Å². The highest BCUT2D eigenvalue weighted by Crippen LogP contribution is 2.38. The van der Waals surface area contributed by atoms with Crippen LogP contribution in [0.4, 0.5) is 16.5 Å². The van der Waals surface area contributed by atoms with Crippen LogP contribution in [0.3, 0.4) is 0 Å². The number of ether oxygens (including phenoxy) is 1. The number of aromatic hydroxyl groups is 1. The number of anilines is 2. The highest BCUT2D eigenvalue weighted by molar-refractivity contribution is 8.00. The van der Waals surface area contributed by atoms with Crippen LogP contribution >= 0.6 is 23.1 Å². The van der Waals surface area contributed by atoms with Gasteiger partial charge in [-0.15, -0.1) is 23.1 Å². The van der Waals surface area contributed by atoms with Crippen LogP contribution in [0.2, 0.25) is 0 Å². The van der Waals surface area contributed by atoms with E-state index in [1.807, 2.05) is 36.4 Å². The summed E-state index contributed by atoms with van der Waals surface area (Å²) >= 11 is 2.46. The van der Waals surface area contributed by atoms with Gasteiger partial charge in [0.25, 0.3) is 17.5 Å². The number of hydrogen-bond donors (Lipinski definition) is 4. The van der Waals surface area contributed by atoms with E-state index in [0.29, 0.717) is 38.1 Å². The highest BCUT2D eigenvalue weighted by Gasteiger charge is 2.24. The largest absolute Gasteiger partial charge is 0.508 e. The van der Waals surface area contributed by atoms with E-state index in [1.54, 1.807) is 72.1 Å². The van der Waals surface area contributed by atoms with E-state index in [2.05, 4.69) is 20.9 Å². The standard InChI is InChI=1S/C40H31N5O7S2/c1-52-35-23-31(46)19-18-28(35)21-33(42-37(47)26-12-6-3-7-13-26)38(48)41-29-15-9-17-32(22-29)54-36(25-10-4-2-5-11-25)39(49)44-40-43-34(24-53-40)27-14-8-16-30(20-27)45(50)51/h2-24,36,46H,1H3,(H,41,48)(H,42,47)(H,43,44,49)/b33-21+. The first-order chi connectivity index (χ1) is 26.2. The number of thioether (sulfide) groups is 1. The van der Waals surface area contributed by atoms with Gasteiger partial charge in [0.05, 0.1) is 17.7 Å². The Morgan fingerprint density at radius 3 is 2.37 bits per heavy atom. The molecule has 0 bridgehead atoms. The van der Waals surface area contributed by atoms with Gasteiger partial charge in [0.1, 0.15) is 22.4 Å². The maximum absolute atomic E-state index is 13.8. The average Bonchev–Trinajstić information content (AvgIpc) is 3.66. The Hall–Kier alpha value is -6.77. The van der Waals surface area contributed by atoms with E-state index >= 15 is 0 Å². The topological polar surface area (TPSA) is 173 Å². The van der Waals surface area contributed by atoms with Crippen molar-refractivity contribution in [1.29, 1.82) is 0 Å². The number of benzene rings is 5. The maximum atomic E-state index is 13.8. The quantitative estimate of drug-likeness (QED) is 0.0391. The summed E-state index contributed by atoms with van der Waals surface area (Å²) in [6.45, 7) is 0. The number of carbonyl (C=O) groups is 3. The van der Waals surface area contributed by atoms with Crippen LogP contribution in [0.15, 0.2) is 143 Å². The zero-order valence-electron chi connectivity index (χ0n) is 28.5. The van der Waals surface area contributed by atoms with Crippen molar-refractivity contribution >= 4 is 63.4 Å². The zero-order chi connectivity index (χ0) is 38.0. The van der Waals surface area contributed by atoms with Crippen LogP contribution in [-0.2, 0) is 9.59 Å². The fourth-order valence-corrected chi connectivity index (χ4v) is 7.02. The molecule has 1 unspecified atom stereocenters. The number of non-ortho nitro benzene ring substituents is 1. The molecule has 54 heavy (non-hydrogen) atoms. The van der Waals surface area contributed by atoms with Gasteiger partial charge in [0.2, 0.25) is 5.91 Å². The van der Waals surface area contributed by atoms with Gasteiger partial charge in [-0.05, 0) is 54.1 Å². The fraction of sp³-hybridized carbons (Fsp3) is 0.0500. The van der Waals surface area contributed by atoms with Gasteiger partial charge >= 0.3 is 0 Å². The summed E-state index contributed by atoms with van der Waals surface area (Å²) in [6, 6.07) is 35.1. The lowest BCUT2D eigenvalue weighted by Gasteiger charge is -2.17. The molecule has 270 valence electrons. The molecule has 3 amide bonds. The zero-order valence-corrected chi connectivity index (χ0v) is 30.1. The average molecular weight is 758 g/mol. The molecule has 1 atom stereocenters. The third-order valence-corrected chi connectivity index (χ3v) is 9.82. The predicted octanol–water partition coefficient (Wildman–Crippen LogP) is 8.31. The number of carbonyl (C=O) groups excluding carboxylic acids is 3. The summed E-state index contributed by atoms with van der Waals surface area (Å²) in [6.07, 6.45) is 1.45.